The predicted octanol–water partition coefficient (Wildman–Crippen LogP) is 3.07. The van der Waals surface area contributed by atoms with E-state index >= 15 is 0 Å². The highest BCUT2D eigenvalue weighted by atomic mass is 19.1. The normalized spacial score (nSPS) is 22.1. The molecule has 2 aromatic rings. The lowest BCUT2D eigenvalue weighted by atomic mass is 9.79. The maximum atomic E-state index is 13.5. The zero-order valence-corrected chi connectivity index (χ0v) is 14.8. The summed E-state index contributed by atoms with van der Waals surface area (Å²) in [5, 5.41) is 0. The molecule has 2 fully saturated rings. The average molecular weight is 357 g/mol. The molecule has 0 amide bonds. The molecule has 5 nitrogen and oxygen atoms in total. The van der Waals surface area contributed by atoms with Crippen LogP contribution in [0, 0.1) is 11.7 Å². The van der Waals surface area contributed by atoms with E-state index in [0.29, 0.717) is 12.5 Å². The number of halogens is 1. The van der Waals surface area contributed by atoms with Crippen molar-refractivity contribution in [3.8, 4) is 5.88 Å². The minimum atomic E-state index is -0.401. The van der Waals surface area contributed by atoms with Gasteiger partial charge in [-0.3, -0.25) is 9.88 Å². The Morgan fingerprint density at radius 2 is 2.08 bits per heavy atom. The van der Waals surface area contributed by atoms with Crippen LogP contribution in [0.3, 0.4) is 0 Å². The van der Waals surface area contributed by atoms with Gasteiger partial charge in [0.1, 0.15) is 0 Å². The van der Waals surface area contributed by atoms with Crippen LogP contribution in [0.25, 0.3) is 0 Å². The third-order valence-electron chi connectivity index (χ3n) is 5.26. The Balaban J connectivity index is 1.23. The first-order chi connectivity index (χ1) is 12.7. The van der Waals surface area contributed by atoms with Crippen LogP contribution in [0.5, 0.6) is 5.88 Å². The van der Waals surface area contributed by atoms with Gasteiger partial charge in [-0.05, 0) is 55.0 Å². The van der Waals surface area contributed by atoms with Crippen molar-refractivity contribution in [3.63, 3.8) is 0 Å². The first-order valence-corrected chi connectivity index (χ1v) is 9.21. The summed E-state index contributed by atoms with van der Waals surface area (Å²) in [5.41, 5.74) is 1.28. The van der Waals surface area contributed by atoms with E-state index in [-0.39, 0.29) is 11.5 Å². The van der Waals surface area contributed by atoms with Crippen LogP contribution in [0.4, 0.5) is 4.39 Å². The molecule has 0 saturated carbocycles. The molecule has 1 unspecified atom stereocenters. The van der Waals surface area contributed by atoms with Crippen LogP contribution in [0.15, 0.2) is 42.9 Å². The third-order valence-corrected chi connectivity index (χ3v) is 5.26. The number of hydrogen-bond donors (Lipinski definition) is 0. The fourth-order valence-corrected chi connectivity index (χ4v) is 4.02. The first kappa shape index (κ1) is 17.4. The summed E-state index contributed by atoms with van der Waals surface area (Å²) >= 11 is 0. The molecule has 138 valence electrons. The monoisotopic (exact) mass is 357 g/mol. The van der Waals surface area contributed by atoms with Crippen molar-refractivity contribution in [1.82, 2.24) is 14.9 Å². The number of aromatic nitrogens is 2. The van der Waals surface area contributed by atoms with E-state index in [1.165, 1.54) is 11.6 Å². The minimum absolute atomic E-state index is 0.00774. The Kier molecular flexibility index (Phi) is 5.13. The molecule has 0 aliphatic carbocycles. The maximum Gasteiger partial charge on any atom is 0.250 e. The molecule has 6 heteroatoms. The summed E-state index contributed by atoms with van der Waals surface area (Å²) in [7, 11) is 0. The lowest BCUT2D eigenvalue weighted by molar-refractivity contribution is -0.182. The number of likely N-dealkylation sites (tertiary alicyclic amines) is 1. The van der Waals surface area contributed by atoms with Crippen LogP contribution in [0.1, 0.15) is 24.8 Å². The number of nitrogens with zero attached hydrogens (tertiary/aromatic N) is 3. The van der Waals surface area contributed by atoms with Crippen molar-refractivity contribution < 1.29 is 13.9 Å². The van der Waals surface area contributed by atoms with E-state index < -0.39 is 5.82 Å². The largest absolute Gasteiger partial charge is 0.476 e. The Morgan fingerprint density at radius 1 is 1.23 bits per heavy atom. The van der Waals surface area contributed by atoms with E-state index in [9.17, 15) is 4.39 Å². The number of ether oxygens (including phenoxy) is 2. The SMILES string of the molecule is Fc1cccnc1OCCC1CCOC2(C1)CN(Cc1ccncc1)C2. The molecule has 0 N–H and O–H groups in total. The predicted molar refractivity (Wildman–Crippen MR) is 95.2 cm³/mol. The summed E-state index contributed by atoms with van der Waals surface area (Å²) in [5.74, 6) is 0.252. The Morgan fingerprint density at radius 3 is 2.88 bits per heavy atom. The molecular weight excluding hydrogens is 333 g/mol. The van der Waals surface area contributed by atoms with Crippen LogP contribution in [-0.4, -0.2) is 46.8 Å². The highest BCUT2D eigenvalue weighted by Gasteiger charge is 2.47. The van der Waals surface area contributed by atoms with E-state index in [1.54, 1.807) is 12.3 Å². The quantitative estimate of drug-likeness (QED) is 0.795. The van der Waals surface area contributed by atoms with E-state index in [4.69, 9.17) is 9.47 Å². The van der Waals surface area contributed by atoms with Gasteiger partial charge < -0.3 is 9.47 Å². The zero-order chi connectivity index (χ0) is 17.8. The van der Waals surface area contributed by atoms with Crippen LogP contribution < -0.4 is 4.74 Å². The van der Waals surface area contributed by atoms with Gasteiger partial charge in [0.05, 0.1) is 12.2 Å². The van der Waals surface area contributed by atoms with Gasteiger partial charge in [-0.1, -0.05) is 0 Å². The zero-order valence-electron chi connectivity index (χ0n) is 14.8. The van der Waals surface area contributed by atoms with Gasteiger partial charge in [0, 0.05) is 44.8 Å². The highest BCUT2D eigenvalue weighted by molar-refractivity contribution is 5.13. The molecule has 4 rings (SSSR count). The maximum absolute atomic E-state index is 13.5. The second kappa shape index (κ2) is 7.68. The Bertz CT molecular complexity index is 722. The second-order valence-electron chi connectivity index (χ2n) is 7.32. The summed E-state index contributed by atoms with van der Waals surface area (Å²) in [6.07, 6.45) is 8.22. The van der Waals surface area contributed by atoms with Crippen LogP contribution >= 0.6 is 0 Å². The van der Waals surface area contributed by atoms with Crippen molar-refractivity contribution in [2.45, 2.75) is 31.4 Å². The summed E-state index contributed by atoms with van der Waals surface area (Å²) in [6.45, 7) is 4.19. The molecule has 0 radical (unpaired) electrons. The third kappa shape index (κ3) is 4.02. The molecule has 2 aromatic heterocycles. The lowest BCUT2D eigenvalue weighted by Gasteiger charge is -2.53. The fraction of sp³-hybridized carbons (Fsp3) is 0.500. The molecule has 0 bridgehead atoms. The molecule has 2 saturated heterocycles. The summed E-state index contributed by atoms with van der Waals surface area (Å²) in [4.78, 5) is 10.4. The smallest absolute Gasteiger partial charge is 0.250 e. The topological polar surface area (TPSA) is 47.5 Å². The number of pyridine rings is 2. The van der Waals surface area contributed by atoms with Crippen molar-refractivity contribution >= 4 is 0 Å². The van der Waals surface area contributed by atoms with Crippen molar-refractivity contribution in [1.29, 1.82) is 0 Å². The second-order valence-corrected chi connectivity index (χ2v) is 7.32. The first-order valence-electron chi connectivity index (χ1n) is 9.21. The van der Waals surface area contributed by atoms with E-state index in [2.05, 4.69) is 27.0 Å². The van der Waals surface area contributed by atoms with Gasteiger partial charge in [-0.15, -0.1) is 0 Å². The molecule has 2 aliphatic rings. The van der Waals surface area contributed by atoms with Crippen LogP contribution in [-0.2, 0) is 11.3 Å². The molecular formula is C20H24FN3O2. The highest BCUT2D eigenvalue weighted by Crippen LogP contribution is 2.38. The Labute approximate surface area is 153 Å². The van der Waals surface area contributed by atoms with E-state index in [1.807, 2.05) is 12.4 Å². The molecule has 26 heavy (non-hydrogen) atoms. The van der Waals surface area contributed by atoms with Crippen molar-refractivity contribution in [3.05, 3.63) is 54.2 Å². The molecule has 2 aliphatic heterocycles. The summed E-state index contributed by atoms with van der Waals surface area (Å²) < 4.78 is 25.2. The average Bonchev–Trinajstić information content (AvgIpc) is 2.63. The number of rotatable bonds is 6. The minimum Gasteiger partial charge on any atom is -0.476 e. The fourth-order valence-electron chi connectivity index (χ4n) is 4.02. The molecule has 1 atom stereocenters. The van der Waals surface area contributed by atoms with Gasteiger partial charge in [0.2, 0.25) is 5.88 Å². The molecule has 1 spiro atoms. The number of hydrogen-bond acceptors (Lipinski definition) is 5. The van der Waals surface area contributed by atoms with Crippen molar-refractivity contribution in [2.24, 2.45) is 5.92 Å². The lowest BCUT2D eigenvalue weighted by Crippen LogP contribution is -2.64. The van der Waals surface area contributed by atoms with Gasteiger partial charge >= 0.3 is 0 Å². The van der Waals surface area contributed by atoms with E-state index in [0.717, 1.165) is 45.5 Å². The van der Waals surface area contributed by atoms with Gasteiger partial charge in [-0.2, -0.15) is 0 Å². The molecule has 4 heterocycles. The Hall–Kier alpha value is -2.05. The van der Waals surface area contributed by atoms with Crippen molar-refractivity contribution in [2.75, 3.05) is 26.3 Å². The van der Waals surface area contributed by atoms with Gasteiger partial charge in [0.25, 0.3) is 0 Å². The molecule has 0 aromatic carbocycles. The van der Waals surface area contributed by atoms with Gasteiger partial charge in [-0.25, -0.2) is 9.37 Å². The standard InChI is InChI=1S/C20H24FN3O2/c21-18-2-1-7-23-19(18)25-10-5-16-6-11-26-20(12-16)14-24(15-20)13-17-3-8-22-9-4-17/h1-4,7-9,16H,5-6,10-15H2. The summed E-state index contributed by atoms with van der Waals surface area (Å²) in [6, 6.07) is 7.06. The van der Waals surface area contributed by atoms with Gasteiger partial charge in [0.15, 0.2) is 5.82 Å². The van der Waals surface area contributed by atoms with Crippen LogP contribution in [0.2, 0.25) is 0 Å².